The topological polar surface area (TPSA) is 38.9 Å². The summed E-state index contributed by atoms with van der Waals surface area (Å²) < 4.78 is 1.25. The molecule has 0 aliphatic rings. The van der Waals surface area contributed by atoms with Crippen molar-refractivity contribution < 1.29 is 0 Å². The lowest BCUT2D eigenvalue weighted by Crippen LogP contribution is -1.92. The van der Waals surface area contributed by atoms with E-state index < -0.39 is 0 Å². The van der Waals surface area contributed by atoms with E-state index in [4.69, 9.17) is 10.7 Å². The van der Waals surface area contributed by atoms with Gasteiger partial charge >= 0.3 is 0 Å². The van der Waals surface area contributed by atoms with Crippen molar-refractivity contribution in [3.8, 4) is 0 Å². The standard InChI is InChI=1S/C13H16N2S/c1-9(2)13-15-12-10(6-4-8-14)5-3-7-11(12)16-13/h3-7,9H,8,14H2,1-2H3/b6-4+. The fraction of sp³-hybridized carbons (Fsp3) is 0.308. The lowest BCUT2D eigenvalue weighted by molar-refractivity contribution is 0.856. The number of rotatable bonds is 3. The van der Waals surface area contributed by atoms with Crippen molar-refractivity contribution >= 4 is 27.6 Å². The monoisotopic (exact) mass is 232 g/mol. The second-order valence-corrected chi connectivity index (χ2v) is 5.10. The van der Waals surface area contributed by atoms with Crippen molar-refractivity contribution in [2.24, 2.45) is 5.73 Å². The number of hydrogen-bond donors (Lipinski definition) is 1. The molecular formula is C13H16N2S. The first-order valence-corrected chi connectivity index (χ1v) is 6.30. The summed E-state index contributed by atoms with van der Waals surface area (Å²) in [6.07, 6.45) is 4.01. The van der Waals surface area contributed by atoms with Crippen molar-refractivity contribution in [1.82, 2.24) is 4.98 Å². The minimum absolute atomic E-state index is 0.490. The van der Waals surface area contributed by atoms with E-state index in [9.17, 15) is 0 Å². The van der Waals surface area contributed by atoms with Gasteiger partial charge in [-0.2, -0.15) is 0 Å². The number of aromatic nitrogens is 1. The number of nitrogens with two attached hydrogens (primary N) is 1. The maximum absolute atomic E-state index is 5.47. The van der Waals surface area contributed by atoms with Gasteiger partial charge in [0.2, 0.25) is 0 Å². The van der Waals surface area contributed by atoms with E-state index >= 15 is 0 Å². The Labute approximate surface area is 99.8 Å². The molecule has 16 heavy (non-hydrogen) atoms. The summed E-state index contributed by atoms with van der Waals surface area (Å²) >= 11 is 1.78. The van der Waals surface area contributed by atoms with Crippen molar-refractivity contribution in [2.75, 3.05) is 6.54 Å². The zero-order valence-corrected chi connectivity index (χ0v) is 10.4. The van der Waals surface area contributed by atoms with E-state index in [1.807, 2.05) is 12.2 Å². The second kappa shape index (κ2) is 4.76. The van der Waals surface area contributed by atoms with Crippen LogP contribution in [0.2, 0.25) is 0 Å². The van der Waals surface area contributed by atoms with Gasteiger partial charge in [-0.15, -0.1) is 11.3 Å². The number of para-hydroxylation sites is 1. The molecule has 2 N–H and O–H groups in total. The quantitative estimate of drug-likeness (QED) is 0.881. The van der Waals surface area contributed by atoms with Crippen molar-refractivity contribution in [3.05, 3.63) is 34.8 Å². The summed E-state index contributed by atoms with van der Waals surface area (Å²) in [6, 6.07) is 6.28. The molecule has 84 valence electrons. The fourth-order valence-electron chi connectivity index (χ4n) is 1.56. The van der Waals surface area contributed by atoms with Crippen LogP contribution < -0.4 is 5.73 Å². The molecular weight excluding hydrogens is 216 g/mol. The largest absolute Gasteiger partial charge is 0.327 e. The van der Waals surface area contributed by atoms with Gasteiger partial charge in [-0.05, 0) is 6.07 Å². The first kappa shape index (κ1) is 11.3. The fourth-order valence-corrected chi connectivity index (χ4v) is 2.57. The molecule has 3 heteroatoms. The van der Waals surface area contributed by atoms with Crippen LogP contribution in [-0.4, -0.2) is 11.5 Å². The molecule has 0 spiro atoms. The van der Waals surface area contributed by atoms with Gasteiger partial charge in [0.15, 0.2) is 0 Å². The van der Waals surface area contributed by atoms with Crippen molar-refractivity contribution in [1.29, 1.82) is 0 Å². The number of fused-ring (bicyclic) bond motifs is 1. The highest BCUT2D eigenvalue weighted by Crippen LogP contribution is 2.29. The van der Waals surface area contributed by atoms with Crippen LogP contribution in [0.15, 0.2) is 24.3 Å². The molecule has 2 nitrogen and oxygen atoms in total. The predicted octanol–water partition coefficient (Wildman–Crippen LogP) is 3.39. The molecule has 0 aliphatic heterocycles. The van der Waals surface area contributed by atoms with Gasteiger partial charge in [-0.3, -0.25) is 0 Å². The Hall–Kier alpha value is -1.19. The summed E-state index contributed by atoms with van der Waals surface area (Å²) in [7, 11) is 0. The van der Waals surface area contributed by atoms with Crippen molar-refractivity contribution in [2.45, 2.75) is 19.8 Å². The molecule has 2 aromatic rings. The summed E-state index contributed by atoms with van der Waals surface area (Å²) in [5.41, 5.74) is 7.73. The van der Waals surface area contributed by atoms with E-state index in [0.717, 1.165) is 11.1 Å². The van der Waals surface area contributed by atoms with Crippen LogP contribution >= 0.6 is 11.3 Å². The normalized spacial score (nSPS) is 12.0. The van der Waals surface area contributed by atoms with E-state index in [-0.39, 0.29) is 0 Å². The van der Waals surface area contributed by atoms with Crippen LogP contribution in [0.5, 0.6) is 0 Å². The molecule has 0 fully saturated rings. The van der Waals surface area contributed by atoms with E-state index in [2.05, 4.69) is 32.0 Å². The molecule has 1 aromatic heterocycles. The Balaban J connectivity index is 2.54. The molecule has 0 amide bonds. The van der Waals surface area contributed by atoms with Crippen LogP contribution in [0, 0.1) is 0 Å². The van der Waals surface area contributed by atoms with Crippen LogP contribution in [-0.2, 0) is 0 Å². The van der Waals surface area contributed by atoms with Gasteiger partial charge in [0.05, 0.1) is 15.2 Å². The third-order valence-corrected chi connectivity index (χ3v) is 3.72. The Kier molecular flexibility index (Phi) is 3.36. The zero-order valence-electron chi connectivity index (χ0n) is 9.60. The minimum atomic E-state index is 0.490. The molecule has 1 aromatic carbocycles. The number of hydrogen-bond acceptors (Lipinski definition) is 3. The lowest BCUT2D eigenvalue weighted by atomic mass is 10.2. The highest BCUT2D eigenvalue weighted by atomic mass is 32.1. The summed E-state index contributed by atoms with van der Waals surface area (Å²) in [6.45, 7) is 4.91. The van der Waals surface area contributed by atoms with Crippen LogP contribution in [0.4, 0.5) is 0 Å². The summed E-state index contributed by atoms with van der Waals surface area (Å²) in [4.78, 5) is 4.69. The summed E-state index contributed by atoms with van der Waals surface area (Å²) in [5, 5.41) is 1.20. The van der Waals surface area contributed by atoms with Crippen LogP contribution in [0.1, 0.15) is 30.3 Å². The highest BCUT2D eigenvalue weighted by molar-refractivity contribution is 7.18. The smallest absolute Gasteiger partial charge is 0.0964 e. The molecule has 0 radical (unpaired) electrons. The number of thiazole rings is 1. The Bertz CT molecular complexity index is 512. The van der Waals surface area contributed by atoms with E-state index in [1.54, 1.807) is 11.3 Å². The Morgan fingerprint density at radius 2 is 2.25 bits per heavy atom. The zero-order chi connectivity index (χ0) is 11.5. The molecule has 0 bridgehead atoms. The Morgan fingerprint density at radius 3 is 2.94 bits per heavy atom. The minimum Gasteiger partial charge on any atom is -0.327 e. The van der Waals surface area contributed by atoms with Gasteiger partial charge in [-0.1, -0.05) is 38.1 Å². The summed E-state index contributed by atoms with van der Waals surface area (Å²) in [5.74, 6) is 0.490. The van der Waals surface area contributed by atoms with Crippen LogP contribution in [0.3, 0.4) is 0 Å². The van der Waals surface area contributed by atoms with E-state index in [1.165, 1.54) is 9.71 Å². The van der Waals surface area contributed by atoms with Gasteiger partial charge < -0.3 is 5.73 Å². The first-order chi connectivity index (χ1) is 7.72. The number of benzene rings is 1. The molecule has 0 saturated carbocycles. The molecule has 1 heterocycles. The number of nitrogens with zero attached hydrogens (tertiary/aromatic N) is 1. The second-order valence-electron chi connectivity index (χ2n) is 4.04. The third-order valence-electron chi connectivity index (χ3n) is 2.39. The molecule has 2 rings (SSSR count). The SMILES string of the molecule is CC(C)c1nc2c(/C=C/CN)cccc2s1. The van der Waals surface area contributed by atoms with Crippen molar-refractivity contribution in [3.63, 3.8) is 0 Å². The molecule has 0 unspecified atom stereocenters. The average molecular weight is 232 g/mol. The van der Waals surface area contributed by atoms with Gasteiger partial charge in [0.1, 0.15) is 0 Å². The molecule has 0 saturated heterocycles. The maximum atomic E-state index is 5.47. The highest BCUT2D eigenvalue weighted by Gasteiger charge is 2.08. The molecule has 0 atom stereocenters. The van der Waals surface area contributed by atoms with Crippen LogP contribution in [0.25, 0.3) is 16.3 Å². The lowest BCUT2D eigenvalue weighted by Gasteiger charge is -1.95. The predicted molar refractivity (Wildman–Crippen MR) is 71.8 cm³/mol. The van der Waals surface area contributed by atoms with Gasteiger partial charge in [0.25, 0.3) is 0 Å². The third kappa shape index (κ3) is 2.15. The first-order valence-electron chi connectivity index (χ1n) is 5.48. The van der Waals surface area contributed by atoms with Gasteiger partial charge in [0, 0.05) is 18.0 Å². The maximum Gasteiger partial charge on any atom is 0.0964 e. The average Bonchev–Trinajstić information content (AvgIpc) is 2.70. The van der Waals surface area contributed by atoms with Gasteiger partial charge in [-0.25, -0.2) is 4.98 Å². The van der Waals surface area contributed by atoms with E-state index in [0.29, 0.717) is 12.5 Å². The Morgan fingerprint density at radius 1 is 1.44 bits per heavy atom. The molecule has 0 aliphatic carbocycles.